The van der Waals surface area contributed by atoms with Gasteiger partial charge >= 0.3 is 0 Å². The summed E-state index contributed by atoms with van der Waals surface area (Å²) in [5.41, 5.74) is 3.56. The van der Waals surface area contributed by atoms with Crippen LogP contribution in [0.2, 0.25) is 0 Å². The number of aryl methyl sites for hydroxylation is 1. The van der Waals surface area contributed by atoms with Crippen LogP contribution >= 0.6 is 0 Å². The molecule has 4 rings (SSSR count). The zero-order chi connectivity index (χ0) is 21.6. The van der Waals surface area contributed by atoms with Crippen LogP contribution in [0.25, 0.3) is 11.1 Å². The van der Waals surface area contributed by atoms with E-state index in [2.05, 4.69) is 31.2 Å². The number of benzene rings is 4. The fraction of sp³-hybridized carbons (Fsp3) is 0.111. The molecule has 0 aliphatic heterocycles. The van der Waals surface area contributed by atoms with Gasteiger partial charge in [-0.1, -0.05) is 42.0 Å². The van der Waals surface area contributed by atoms with Crippen LogP contribution in [-0.2, 0) is 0 Å². The number of methoxy groups -OCH3 is 2. The first-order chi connectivity index (χ1) is 15.1. The van der Waals surface area contributed by atoms with Gasteiger partial charge in [-0.2, -0.15) is 0 Å². The standard InChI is InChI=1S/C27H24O4/c1-19-4-6-20(7-5-19)21-8-10-24(11-9-21)31-26-17-16-25(18-27(26)29-3)30-23-14-12-22(28-2)13-15-23/h4-18H,1-3H3. The van der Waals surface area contributed by atoms with Crippen LogP contribution in [0.15, 0.2) is 91.0 Å². The highest BCUT2D eigenvalue weighted by Gasteiger charge is 2.09. The van der Waals surface area contributed by atoms with Gasteiger partial charge in [0.15, 0.2) is 11.5 Å². The summed E-state index contributed by atoms with van der Waals surface area (Å²) in [6.45, 7) is 2.08. The largest absolute Gasteiger partial charge is 0.497 e. The molecule has 0 heterocycles. The lowest BCUT2D eigenvalue weighted by Gasteiger charge is -2.13. The van der Waals surface area contributed by atoms with Crippen molar-refractivity contribution in [2.45, 2.75) is 6.92 Å². The monoisotopic (exact) mass is 412 g/mol. The Bertz CT molecular complexity index is 1130. The summed E-state index contributed by atoms with van der Waals surface area (Å²) >= 11 is 0. The van der Waals surface area contributed by atoms with Crippen LogP contribution in [0.5, 0.6) is 34.5 Å². The first-order valence-electron chi connectivity index (χ1n) is 9.99. The van der Waals surface area contributed by atoms with Crippen LogP contribution in [0.1, 0.15) is 5.56 Å². The van der Waals surface area contributed by atoms with Crippen LogP contribution < -0.4 is 18.9 Å². The molecular formula is C27H24O4. The van der Waals surface area contributed by atoms with E-state index in [1.54, 1.807) is 20.3 Å². The zero-order valence-electron chi connectivity index (χ0n) is 17.8. The molecule has 0 saturated carbocycles. The average Bonchev–Trinajstić information content (AvgIpc) is 2.81. The molecule has 4 aromatic rings. The predicted molar refractivity (Wildman–Crippen MR) is 123 cm³/mol. The molecule has 0 N–H and O–H groups in total. The number of ether oxygens (including phenoxy) is 4. The van der Waals surface area contributed by atoms with Gasteiger partial charge in [0.1, 0.15) is 23.0 Å². The second kappa shape index (κ2) is 9.26. The molecule has 0 radical (unpaired) electrons. The maximum Gasteiger partial charge on any atom is 0.169 e. The lowest BCUT2D eigenvalue weighted by Crippen LogP contribution is -1.92. The third-order valence-corrected chi connectivity index (χ3v) is 4.90. The van der Waals surface area contributed by atoms with Crippen LogP contribution in [0, 0.1) is 6.92 Å². The van der Waals surface area contributed by atoms with Crippen molar-refractivity contribution in [1.29, 1.82) is 0 Å². The lowest BCUT2D eigenvalue weighted by molar-refractivity contribution is 0.374. The second-order valence-corrected chi connectivity index (χ2v) is 7.08. The molecule has 156 valence electrons. The van der Waals surface area contributed by atoms with Crippen molar-refractivity contribution in [3.8, 4) is 45.6 Å². The quantitative estimate of drug-likeness (QED) is 0.320. The van der Waals surface area contributed by atoms with E-state index in [0.29, 0.717) is 23.0 Å². The van der Waals surface area contributed by atoms with Crippen LogP contribution in [0.3, 0.4) is 0 Å². The average molecular weight is 412 g/mol. The van der Waals surface area contributed by atoms with Gasteiger partial charge < -0.3 is 18.9 Å². The Morgan fingerprint density at radius 3 is 1.58 bits per heavy atom. The van der Waals surface area contributed by atoms with Crippen molar-refractivity contribution in [2.24, 2.45) is 0 Å². The third kappa shape index (κ3) is 4.98. The summed E-state index contributed by atoms with van der Waals surface area (Å²) in [4.78, 5) is 0. The second-order valence-electron chi connectivity index (χ2n) is 7.08. The molecule has 0 amide bonds. The number of hydrogen-bond donors (Lipinski definition) is 0. The van der Waals surface area contributed by atoms with Gasteiger partial charge in [-0.05, 0) is 66.6 Å². The van der Waals surface area contributed by atoms with Gasteiger partial charge in [-0.25, -0.2) is 0 Å². The van der Waals surface area contributed by atoms with Gasteiger partial charge in [0.25, 0.3) is 0 Å². The molecule has 0 atom stereocenters. The topological polar surface area (TPSA) is 36.9 Å². The van der Waals surface area contributed by atoms with E-state index in [1.807, 2.05) is 60.7 Å². The molecule has 0 unspecified atom stereocenters. The summed E-state index contributed by atoms with van der Waals surface area (Å²) in [5, 5.41) is 0. The van der Waals surface area contributed by atoms with Crippen molar-refractivity contribution in [2.75, 3.05) is 14.2 Å². The maximum absolute atomic E-state index is 6.05. The van der Waals surface area contributed by atoms with E-state index in [-0.39, 0.29) is 0 Å². The fourth-order valence-corrected chi connectivity index (χ4v) is 3.16. The molecule has 0 aliphatic rings. The zero-order valence-corrected chi connectivity index (χ0v) is 17.8. The van der Waals surface area contributed by atoms with E-state index in [1.165, 1.54) is 11.1 Å². The minimum absolute atomic E-state index is 0.591. The molecule has 31 heavy (non-hydrogen) atoms. The molecule has 0 fully saturated rings. The Hall–Kier alpha value is -3.92. The minimum atomic E-state index is 0.591. The molecule has 4 nitrogen and oxygen atoms in total. The Morgan fingerprint density at radius 2 is 0.968 bits per heavy atom. The first kappa shape index (κ1) is 20.4. The van der Waals surface area contributed by atoms with Crippen molar-refractivity contribution in [1.82, 2.24) is 0 Å². The predicted octanol–water partition coefficient (Wildman–Crippen LogP) is 7.26. The highest BCUT2D eigenvalue weighted by Crippen LogP contribution is 2.36. The van der Waals surface area contributed by atoms with Gasteiger partial charge in [0, 0.05) is 6.07 Å². The highest BCUT2D eigenvalue weighted by molar-refractivity contribution is 5.64. The Balaban J connectivity index is 1.48. The van der Waals surface area contributed by atoms with Gasteiger partial charge in [-0.15, -0.1) is 0 Å². The molecule has 0 aliphatic carbocycles. The van der Waals surface area contributed by atoms with E-state index < -0.39 is 0 Å². The van der Waals surface area contributed by atoms with Gasteiger partial charge in [0.05, 0.1) is 14.2 Å². The van der Waals surface area contributed by atoms with E-state index >= 15 is 0 Å². The van der Waals surface area contributed by atoms with Crippen molar-refractivity contribution >= 4 is 0 Å². The van der Waals surface area contributed by atoms with Gasteiger partial charge in [-0.3, -0.25) is 0 Å². The van der Waals surface area contributed by atoms with Crippen LogP contribution in [-0.4, -0.2) is 14.2 Å². The number of rotatable bonds is 7. The molecule has 4 heteroatoms. The van der Waals surface area contributed by atoms with E-state index in [4.69, 9.17) is 18.9 Å². The molecular weight excluding hydrogens is 388 g/mol. The summed E-state index contributed by atoms with van der Waals surface area (Å²) in [5.74, 6) is 4.09. The Kier molecular flexibility index (Phi) is 6.08. The highest BCUT2D eigenvalue weighted by atomic mass is 16.5. The van der Waals surface area contributed by atoms with Crippen LogP contribution in [0.4, 0.5) is 0 Å². The number of hydrogen-bond acceptors (Lipinski definition) is 4. The molecule has 0 bridgehead atoms. The molecule has 0 spiro atoms. The molecule has 0 aromatic heterocycles. The minimum Gasteiger partial charge on any atom is -0.497 e. The fourth-order valence-electron chi connectivity index (χ4n) is 3.16. The summed E-state index contributed by atoms with van der Waals surface area (Å²) in [7, 11) is 3.25. The Morgan fingerprint density at radius 1 is 0.452 bits per heavy atom. The van der Waals surface area contributed by atoms with Crippen molar-refractivity contribution in [3.05, 3.63) is 96.6 Å². The molecule has 0 saturated heterocycles. The summed E-state index contributed by atoms with van der Waals surface area (Å²) < 4.78 is 22.6. The lowest BCUT2D eigenvalue weighted by atomic mass is 10.0. The SMILES string of the molecule is COc1ccc(Oc2ccc(Oc3ccc(-c4ccc(C)cc4)cc3)c(OC)c2)cc1. The molecule has 4 aromatic carbocycles. The maximum atomic E-state index is 6.05. The third-order valence-electron chi connectivity index (χ3n) is 4.90. The summed E-state index contributed by atoms with van der Waals surface area (Å²) in [6.07, 6.45) is 0. The summed E-state index contributed by atoms with van der Waals surface area (Å²) in [6, 6.07) is 29.4. The van der Waals surface area contributed by atoms with Crippen molar-refractivity contribution in [3.63, 3.8) is 0 Å². The van der Waals surface area contributed by atoms with Crippen molar-refractivity contribution < 1.29 is 18.9 Å². The first-order valence-corrected chi connectivity index (χ1v) is 9.99. The smallest absolute Gasteiger partial charge is 0.169 e. The normalized spacial score (nSPS) is 10.4. The Labute approximate surface area is 182 Å². The van der Waals surface area contributed by atoms with E-state index in [0.717, 1.165) is 17.1 Å². The van der Waals surface area contributed by atoms with Gasteiger partial charge in [0.2, 0.25) is 0 Å². The van der Waals surface area contributed by atoms with E-state index in [9.17, 15) is 0 Å².